The molecule has 3 rings (SSSR count). The lowest BCUT2D eigenvalue weighted by molar-refractivity contribution is 0.212. The molecular weight excluding hydrogens is 254 g/mol. The molecule has 0 bridgehead atoms. The number of benzene rings is 1. The zero-order valence-electron chi connectivity index (χ0n) is 8.29. The lowest BCUT2D eigenvalue weighted by Crippen LogP contribution is -2.42. The molecule has 0 spiro atoms. The molecule has 15 heavy (non-hydrogen) atoms. The lowest BCUT2D eigenvalue weighted by atomic mass is 9.76. The zero-order valence-corrected chi connectivity index (χ0v) is 9.88. The first-order chi connectivity index (χ1) is 7.17. The van der Waals surface area contributed by atoms with Crippen molar-refractivity contribution in [2.45, 2.75) is 24.8 Å². The fourth-order valence-electron chi connectivity index (χ4n) is 2.06. The van der Waals surface area contributed by atoms with E-state index in [0.29, 0.717) is 0 Å². The van der Waals surface area contributed by atoms with E-state index in [0.717, 1.165) is 34.0 Å². The van der Waals surface area contributed by atoms with E-state index >= 15 is 0 Å². The third kappa shape index (κ3) is 1.42. The van der Waals surface area contributed by atoms with Crippen LogP contribution in [0.4, 0.5) is 0 Å². The first-order valence-electron chi connectivity index (χ1n) is 5.16. The predicted molar refractivity (Wildman–Crippen MR) is 63.6 cm³/mol. The molecule has 1 aliphatic carbocycles. The highest BCUT2D eigenvalue weighted by atomic mass is 79.9. The van der Waals surface area contributed by atoms with Crippen molar-refractivity contribution >= 4 is 26.9 Å². The van der Waals surface area contributed by atoms with Gasteiger partial charge < -0.3 is 10.2 Å². The Morgan fingerprint density at radius 3 is 2.73 bits per heavy atom. The van der Waals surface area contributed by atoms with Gasteiger partial charge in [-0.05, 0) is 43.5 Å². The van der Waals surface area contributed by atoms with Gasteiger partial charge in [0.05, 0.1) is 5.54 Å². The Hall–Kier alpha value is -0.800. The predicted octanol–water partition coefficient (Wildman–Crippen LogP) is 3.53. The van der Waals surface area contributed by atoms with Crippen LogP contribution in [-0.2, 0) is 5.54 Å². The summed E-state index contributed by atoms with van der Waals surface area (Å²) in [5.74, 6) is 0.932. The quantitative estimate of drug-likeness (QED) is 0.857. The lowest BCUT2D eigenvalue weighted by Gasteiger charge is -2.35. The molecule has 1 fully saturated rings. The smallest absolute Gasteiger partial charge is 0.134 e. The Morgan fingerprint density at radius 2 is 2.07 bits per heavy atom. The first kappa shape index (κ1) is 9.43. The molecule has 0 atom stereocenters. The summed E-state index contributed by atoms with van der Waals surface area (Å²) >= 11 is 3.45. The number of halogens is 1. The second-order valence-electron chi connectivity index (χ2n) is 4.30. The molecule has 78 valence electrons. The molecule has 0 aliphatic heterocycles. The van der Waals surface area contributed by atoms with Crippen LogP contribution in [0.5, 0.6) is 0 Å². The van der Waals surface area contributed by atoms with Gasteiger partial charge in [-0.15, -0.1) is 0 Å². The molecule has 1 heterocycles. The van der Waals surface area contributed by atoms with E-state index in [9.17, 15) is 0 Å². The van der Waals surface area contributed by atoms with Crippen molar-refractivity contribution in [1.82, 2.24) is 0 Å². The van der Waals surface area contributed by atoms with Crippen molar-refractivity contribution in [3.05, 3.63) is 34.5 Å². The third-order valence-corrected chi connectivity index (χ3v) is 3.71. The maximum absolute atomic E-state index is 6.22. The van der Waals surface area contributed by atoms with Gasteiger partial charge in [0, 0.05) is 9.86 Å². The van der Waals surface area contributed by atoms with E-state index in [2.05, 4.69) is 28.1 Å². The van der Waals surface area contributed by atoms with Gasteiger partial charge in [0.2, 0.25) is 0 Å². The highest BCUT2D eigenvalue weighted by Gasteiger charge is 2.37. The molecule has 1 saturated carbocycles. The van der Waals surface area contributed by atoms with E-state index < -0.39 is 0 Å². The van der Waals surface area contributed by atoms with E-state index in [1.165, 1.54) is 6.42 Å². The van der Waals surface area contributed by atoms with E-state index in [1.54, 1.807) is 0 Å². The van der Waals surface area contributed by atoms with E-state index in [-0.39, 0.29) is 5.54 Å². The molecule has 1 aliphatic rings. The molecule has 0 unspecified atom stereocenters. The molecule has 2 N–H and O–H groups in total. The summed E-state index contributed by atoms with van der Waals surface area (Å²) < 4.78 is 6.86. The van der Waals surface area contributed by atoms with Crippen molar-refractivity contribution in [2.75, 3.05) is 0 Å². The first-order valence-corrected chi connectivity index (χ1v) is 5.95. The summed E-state index contributed by atoms with van der Waals surface area (Å²) in [5, 5.41) is 1.12. The molecule has 2 nitrogen and oxygen atoms in total. The zero-order chi connectivity index (χ0) is 10.5. The van der Waals surface area contributed by atoms with E-state index in [4.69, 9.17) is 10.2 Å². The van der Waals surface area contributed by atoms with Crippen molar-refractivity contribution in [2.24, 2.45) is 5.73 Å². The van der Waals surface area contributed by atoms with Crippen LogP contribution in [-0.4, -0.2) is 0 Å². The Labute approximate surface area is 96.6 Å². The maximum Gasteiger partial charge on any atom is 0.134 e. The Morgan fingerprint density at radius 1 is 1.27 bits per heavy atom. The molecular formula is C12H12BrNO. The molecule has 0 saturated heterocycles. The van der Waals surface area contributed by atoms with Gasteiger partial charge in [-0.2, -0.15) is 0 Å². The number of nitrogens with two attached hydrogens (primary N) is 1. The monoisotopic (exact) mass is 265 g/mol. The van der Waals surface area contributed by atoms with Crippen LogP contribution < -0.4 is 5.73 Å². The van der Waals surface area contributed by atoms with Gasteiger partial charge in [-0.1, -0.05) is 15.9 Å². The van der Waals surface area contributed by atoms with Crippen LogP contribution in [0.1, 0.15) is 25.0 Å². The standard InChI is InChI=1S/C12H12BrNO/c13-9-2-3-10-8(6-9)7-11(15-10)12(14)4-1-5-12/h2-3,6-7H,1,4-5,14H2. The number of furan rings is 1. The highest BCUT2D eigenvalue weighted by Crippen LogP contribution is 2.41. The topological polar surface area (TPSA) is 39.2 Å². The van der Waals surface area contributed by atoms with Gasteiger partial charge in [0.25, 0.3) is 0 Å². The van der Waals surface area contributed by atoms with Crippen LogP contribution >= 0.6 is 15.9 Å². The van der Waals surface area contributed by atoms with E-state index in [1.807, 2.05) is 12.1 Å². The molecule has 3 heteroatoms. The average Bonchev–Trinajstić information content (AvgIpc) is 2.57. The largest absolute Gasteiger partial charge is 0.459 e. The summed E-state index contributed by atoms with van der Waals surface area (Å²) in [7, 11) is 0. The average molecular weight is 266 g/mol. The summed E-state index contributed by atoms with van der Waals surface area (Å²) in [6.45, 7) is 0. The Balaban J connectivity index is 2.14. The van der Waals surface area contributed by atoms with Crippen LogP contribution in [0.15, 0.2) is 33.2 Å². The minimum Gasteiger partial charge on any atom is -0.459 e. The summed E-state index contributed by atoms with van der Waals surface area (Å²) in [4.78, 5) is 0. The van der Waals surface area contributed by atoms with Gasteiger partial charge in [0.15, 0.2) is 0 Å². The minimum absolute atomic E-state index is 0.203. The SMILES string of the molecule is NC1(c2cc3cc(Br)ccc3o2)CCC1. The molecule has 1 aromatic heterocycles. The summed E-state index contributed by atoms with van der Waals surface area (Å²) in [6.07, 6.45) is 3.28. The highest BCUT2D eigenvalue weighted by molar-refractivity contribution is 9.10. The summed E-state index contributed by atoms with van der Waals surface area (Å²) in [5.41, 5.74) is 6.94. The van der Waals surface area contributed by atoms with Gasteiger partial charge in [-0.3, -0.25) is 0 Å². The van der Waals surface area contributed by atoms with Gasteiger partial charge >= 0.3 is 0 Å². The van der Waals surface area contributed by atoms with Crippen molar-refractivity contribution in [3.8, 4) is 0 Å². The number of hydrogen-bond acceptors (Lipinski definition) is 2. The van der Waals surface area contributed by atoms with Crippen molar-refractivity contribution in [3.63, 3.8) is 0 Å². The second kappa shape index (κ2) is 3.09. The normalized spacial score (nSPS) is 19.1. The maximum atomic E-state index is 6.22. The molecule has 0 radical (unpaired) electrons. The Bertz CT molecular complexity index is 513. The molecule has 2 aromatic rings. The molecule has 1 aromatic carbocycles. The number of rotatable bonds is 1. The number of hydrogen-bond donors (Lipinski definition) is 1. The third-order valence-electron chi connectivity index (χ3n) is 3.21. The fraction of sp³-hybridized carbons (Fsp3) is 0.333. The number of fused-ring (bicyclic) bond motifs is 1. The van der Waals surface area contributed by atoms with Crippen LogP contribution in [0, 0.1) is 0 Å². The molecule has 0 amide bonds. The van der Waals surface area contributed by atoms with Crippen LogP contribution in [0.2, 0.25) is 0 Å². The minimum atomic E-state index is -0.203. The second-order valence-corrected chi connectivity index (χ2v) is 5.22. The fourth-order valence-corrected chi connectivity index (χ4v) is 2.44. The van der Waals surface area contributed by atoms with Gasteiger partial charge in [0.1, 0.15) is 11.3 Å². The van der Waals surface area contributed by atoms with Crippen molar-refractivity contribution < 1.29 is 4.42 Å². The van der Waals surface area contributed by atoms with Crippen molar-refractivity contribution in [1.29, 1.82) is 0 Å². The van der Waals surface area contributed by atoms with Gasteiger partial charge in [-0.25, -0.2) is 0 Å². The van der Waals surface area contributed by atoms with Crippen LogP contribution in [0.3, 0.4) is 0 Å². The summed E-state index contributed by atoms with van der Waals surface area (Å²) in [6, 6.07) is 8.09. The Kier molecular flexibility index (Phi) is 1.94. The van der Waals surface area contributed by atoms with Crippen LogP contribution in [0.25, 0.3) is 11.0 Å².